The highest BCUT2D eigenvalue weighted by molar-refractivity contribution is 5.94. The lowest BCUT2D eigenvalue weighted by Crippen LogP contribution is -2.51. The van der Waals surface area contributed by atoms with Gasteiger partial charge in [-0.1, -0.05) is 17.7 Å². The number of nitro benzene ring substituents is 1. The van der Waals surface area contributed by atoms with Crippen LogP contribution in [0.2, 0.25) is 0 Å². The van der Waals surface area contributed by atoms with Crippen LogP contribution >= 0.6 is 0 Å². The molecule has 1 aliphatic rings. The van der Waals surface area contributed by atoms with E-state index in [0.29, 0.717) is 49.7 Å². The van der Waals surface area contributed by atoms with Gasteiger partial charge in [-0.15, -0.1) is 0 Å². The van der Waals surface area contributed by atoms with E-state index in [9.17, 15) is 19.7 Å². The van der Waals surface area contributed by atoms with E-state index in [1.165, 1.54) is 12.1 Å². The molecule has 1 aliphatic heterocycles. The molecule has 0 N–H and O–H groups in total. The Hall–Kier alpha value is -4.21. The first-order valence-electron chi connectivity index (χ1n) is 11.4. The zero-order valence-electron chi connectivity index (χ0n) is 19.9. The Morgan fingerprint density at radius 1 is 1.00 bits per heavy atom. The molecule has 0 spiro atoms. The molecule has 1 saturated heterocycles. The van der Waals surface area contributed by atoms with Crippen molar-refractivity contribution in [3.63, 3.8) is 0 Å². The number of benzene rings is 2. The Morgan fingerprint density at radius 2 is 1.66 bits per heavy atom. The quantitative estimate of drug-likeness (QED) is 0.406. The Bertz CT molecular complexity index is 1260. The zero-order chi connectivity index (χ0) is 25.1. The third kappa shape index (κ3) is 5.01. The molecule has 0 unspecified atom stereocenters. The summed E-state index contributed by atoms with van der Waals surface area (Å²) < 4.78 is 6.69. The standard InChI is InChI=1S/C25H27N5O5/c1-4-35-25(32)28-13-11-27(12-14-28)24(31)23-16-21(19-6-8-20(9-7-19)30(33)34)26-29(23)22-10-5-17(2)15-18(22)3/h5-10,15-16H,4,11-14H2,1-3H3. The highest BCUT2D eigenvalue weighted by Gasteiger charge is 2.28. The average molecular weight is 478 g/mol. The van der Waals surface area contributed by atoms with Gasteiger partial charge in [0.05, 0.1) is 22.9 Å². The summed E-state index contributed by atoms with van der Waals surface area (Å²) in [6.45, 7) is 7.55. The summed E-state index contributed by atoms with van der Waals surface area (Å²) in [5, 5.41) is 15.7. The van der Waals surface area contributed by atoms with Crippen molar-refractivity contribution in [2.24, 2.45) is 0 Å². The number of hydrogen-bond acceptors (Lipinski definition) is 6. The lowest BCUT2D eigenvalue weighted by atomic mass is 10.1. The van der Waals surface area contributed by atoms with Crippen LogP contribution in [0.5, 0.6) is 0 Å². The molecule has 4 rings (SSSR count). The maximum atomic E-state index is 13.6. The van der Waals surface area contributed by atoms with Crippen molar-refractivity contribution in [2.75, 3.05) is 32.8 Å². The molecule has 0 aliphatic carbocycles. The Morgan fingerprint density at radius 3 is 2.26 bits per heavy atom. The summed E-state index contributed by atoms with van der Waals surface area (Å²) >= 11 is 0. The van der Waals surface area contributed by atoms with Gasteiger partial charge in [0.25, 0.3) is 11.6 Å². The molecule has 0 radical (unpaired) electrons. The number of carbonyl (C=O) groups excluding carboxylic acids is 2. The van der Waals surface area contributed by atoms with Crippen LogP contribution in [0.25, 0.3) is 16.9 Å². The Balaban J connectivity index is 1.67. The molecule has 0 saturated carbocycles. The van der Waals surface area contributed by atoms with Gasteiger partial charge in [0.2, 0.25) is 0 Å². The number of aromatic nitrogens is 2. The predicted octanol–water partition coefficient (Wildman–Crippen LogP) is 3.98. The van der Waals surface area contributed by atoms with Crippen LogP contribution in [0.1, 0.15) is 28.5 Å². The maximum absolute atomic E-state index is 13.6. The second kappa shape index (κ2) is 9.96. The number of nitro groups is 1. The summed E-state index contributed by atoms with van der Waals surface area (Å²) in [5.41, 5.74) is 4.40. The van der Waals surface area contributed by atoms with Gasteiger partial charge in [-0.2, -0.15) is 5.10 Å². The molecule has 10 nitrogen and oxygen atoms in total. The van der Waals surface area contributed by atoms with Crippen molar-refractivity contribution in [3.05, 3.63) is 75.5 Å². The topological polar surface area (TPSA) is 111 Å². The first-order valence-corrected chi connectivity index (χ1v) is 11.4. The Labute approximate surface area is 202 Å². The number of aryl methyl sites for hydroxylation is 2. The second-order valence-corrected chi connectivity index (χ2v) is 8.40. The van der Waals surface area contributed by atoms with Crippen LogP contribution in [0, 0.1) is 24.0 Å². The van der Waals surface area contributed by atoms with Gasteiger partial charge < -0.3 is 14.5 Å². The van der Waals surface area contributed by atoms with E-state index in [-0.39, 0.29) is 17.7 Å². The molecule has 2 aromatic carbocycles. The van der Waals surface area contributed by atoms with Crippen LogP contribution in [0.15, 0.2) is 48.5 Å². The number of rotatable bonds is 5. The molecule has 35 heavy (non-hydrogen) atoms. The first kappa shape index (κ1) is 23.9. The fraction of sp³-hybridized carbons (Fsp3) is 0.320. The molecule has 0 bridgehead atoms. The van der Waals surface area contributed by atoms with Crippen molar-refractivity contribution in [2.45, 2.75) is 20.8 Å². The molecule has 10 heteroatoms. The first-order chi connectivity index (χ1) is 16.8. The number of nitrogens with zero attached hydrogens (tertiary/aromatic N) is 5. The minimum absolute atomic E-state index is 0.0154. The fourth-order valence-corrected chi connectivity index (χ4v) is 4.12. The lowest BCUT2D eigenvalue weighted by Gasteiger charge is -2.34. The molecular formula is C25H27N5O5. The van der Waals surface area contributed by atoms with E-state index in [2.05, 4.69) is 0 Å². The lowest BCUT2D eigenvalue weighted by molar-refractivity contribution is -0.384. The zero-order valence-corrected chi connectivity index (χ0v) is 19.9. The third-order valence-electron chi connectivity index (χ3n) is 5.98. The van der Waals surface area contributed by atoms with Gasteiger partial charge in [0.15, 0.2) is 0 Å². The van der Waals surface area contributed by atoms with Gasteiger partial charge in [0, 0.05) is 43.9 Å². The van der Waals surface area contributed by atoms with Crippen LogP contribution in [-0.4, -0.2) is 69.3 Å². The maximum Gasteiger partial charge on any atom is 0.409 e. The largest absolute Gasteiger partial charge is 0.450 e. The van der Waals surface area contributed by atoms with Crippen LogP contribution in [-0.2, 0) is 4.74 Å². The number of non-ortho nitro benzene ring substituents is 1. The monoisotopic (exact) mass is 477 g/mol. The molecule has 2 heterocycles. The molecule has 2 amide bonds. The normalized spacial score (nSPS) is 13.6. The summed E-state index contributed by atoms with van der Waals surface area (Å²) in [7, 11) is 0. The molecule has 1 fully saturated rings. The van der Waals surface area contributed by atoms with E-state index in [1.54, 1.807) is 39.6 Å². The van der Waals surface area contributed by atoms with Crippen molar-refractivity contribution in [1.29, 1.82) is 0 Å². The van der Waals surface area contributed by atoms with Crippen LogP contribution in [0.4, 0.5) is 10.5 Å². The van der Waals surface area contributed by atoms with Crippen LogP contribution in [0.3, 0.4) is 0 Å². The number of carbonyl (C=O) groups is 2. The number of ether oxygens (including phenoxy) is 1. The highest BCUT2D eigenvalue weighted by Crippen LogP contribution is 2.26. The fourth-order valence-electron chi connectivity index (χ4n) is 4.12. The Kier molecular flexibility index (Phi) is 6.81. The van der Waals surface area contributed by atoms with Crippen molar-refractivity contribution in [1.82, 2.24) is 19.6 Å². The van der Waals surface area contributed by atoms with E-state index in [4.69, 9.17) is 9.84 Å². The minimum atomic E-state index is -0.455. The van der Waals surface area contributed by atoms with Gasteiger partial charge in [-0.25, -0.2) is 9.48 Å². The summed E-state index contributed by atoms with van der Waals surface area (Å²) in [6.07, 6.45) is -0.375. The van der Waals surface area contributed by atoms with Crippen LogP contribution < -0.4 is 0 Å². The molecule has 3 aromatic rings. The third-order valence-corrected chi connectivity index (χ3v) is 5.98. The van der Waals surface area contributed by atoms with Crippen molar-refractivity contribution in [3.8, 4) is 16.9 Å². The molecule has 0 atom stereocenters. The van der Waals surface area contributed by atoms with Crippen molar-refractivity contribution >= 4 is 17.7 Å². The second-order valence-electron chi connectivity index (χ2n) is 8.40. The summed E-state index contributed by atoms with van der Waals surface area (Å²) in [5.74, 6) is -0.200. The number of piperazine rings is 1. The molecular weight excluding hydrogens is 450 g/mol. The number of hydrogen-bond donors (Lipinski definition) is 0. The van der Waals surface area contributed by atoms with E-state index >= 15 is 0 Å². The van der Waals surface area contributed by atoms with E-state index < -0.39 is 4.92 Å². The number of amides is 2. The highest BCUT2D eigenvalue weighted by atomic mass is 16.6. The van der Waals surface area contributed by atoms with Gasteiger partial charge in [0.1, 0.15) is 5.69 Å². The average Bonchev–Trinajstić information content (AvgIpc) is 3.29. The minimum Gasteiger partial charge on any atom is -0.450 e. The van der Waals surface area contributed by atoms with E-state index in [1.807, 2.05) is 32.0 Å². The summed E-state index contributed by atoms with van der Waals surface area (Å²) in [4.78, 5) is 39.5. The smallest absolute Gasteiger partial charge is 0.409 e. The molecule has 1 aromatic heterocycles. The predicted molar refractivity (Wildman–Crippen MR) is 130 cm³/mol. The van der Waals surface area contributed by atoms with Gasteiger partial charge in [-0.3, -0.25) is 14.9 Å². The molecule has 182 valence electrons. The van der Waals surface area contributed by atoms with Crippen molar-refractivity contribution < 1.29 is 19.2 Å². The van der Waals surface area contributed by atoms with Gasteiger partial charge in [-0.05, 0) is 50.6 Å². The van der Waals surface area contributed by atoms with Gasteiger partial charge >= 0.3 is 6.09 Å². The summed E-state index contributed by atoms with van der Waals surface area (Å²) in [6, 6.07) is 13.7. The SMILES string of the molecule is CCOC(=O)N1CCN(C(=O)c2cc(-c3ccc([N+](=O)[O-])cc3)nn2-c2ccc(C)cc2C)CC1. The van der Waals surface area contributed by atoms with E-state index in [0.717, 1.165) is 16.8 Å².